The highest BCUT2D eigenvalue weighted by molar-refractivity contribution is 5.71. The summed E-state index contributed by atoms with van der Waals surface area (Å²) in [7, 11) is 0. The Morgan fingerprint density at radius 2 is 0.529 bits per heavy atom. The summed E-state index contributed by atoms with van der Waals surface area (Å²) in [4.78, 5) is 38.2. The van der Waals surface area contributed by atoms with E-state index in [1.54, 1.807) is 0 Å². The molecular formula is C62H114O6. The molecule has 6 nitrogen and oxygen atoms in total. The second-order valence-electron chi connectivity index (χ2n) is 20.3. The van der Waals surface area contributed by atoms with E-state index in [0.717, 1.165) is 57.8 Å². The van der Waals surface area contributed by atoms with Gasteiger partial charge in [-0.05, 0) is 70.6 Å². The van der Waals surface area contributed by atoms with Crippen LogP contribution in [0.1, 0.15) is 323 Å². The van der Waals surface area contributed by atoms with E-state index in [9.17, 15) is 14.4 Å². The summed E-state index contributed by atoms with van der Waals surface area (Å²) in [5, 5.41) is 0. The lowest BCUT2D eigenvalue weighted by molar-refractivity contribution is -0.167. The Hall–Kier alpha value is -2.37. The third-order valence-corrected chi connectivity index (χ3v) is 13.4. The van der Waals surface area contributed by atoms with E-state index in [0.29, 0.717) is 19.3 Å². The van der Waals surface area contributed by atoms with Crippen LogP contribution in [0.15, 0.2) is 36.5 Å². The van der Waals surface area contributed by atoms with Crippen molar-refractivity contribution < 1.29 is 28.6 Å². The number of hydrogen-bond donors (Lipinski definition) is 0. The van der Waals surface area contributed by atoms with Crippen LogP contribution in [-0.2, 0) is 28.6 Å². The van der Waals surface area contributed by atoms with Crippen molar-refractivity contribution in [1.82, 2.24) is 0 Å². The molecule has 0 aliphatic heterocycles. The molecule has 0 fully saturated rings. The number of ether oxygens (including phenoxy) is 3. The Morgan fingerprint density at radius 3 is 0.868 bits per heavy atom. The predicted molar refractivity (Wildman–Crippen MR) is 293 cm³/mol. The average molecular weight is 956 g/mol. The van der Waals surface area contributed by atoms with Gasteiger partial charge >= 0.3 is 17.9 Å². The molecule has 398 valence electrons. The van der Waals surface area contributed by atoms with E-state index < -0.39 is 6.10 Å². The third kappa shape index (κ3) is 54.6. The van der Waals surface area contributed by atoms with Gasteiger partial charge in [-0.1, -0.05) is 269 Å². The number of carbonyl (C=O) groups is 3. The largest absolute Gasteiger partial charge is 0.462 e. The van der Waals surface area contributed by atoms with E-state index in [1.165, 1.54) is 225 Å². The Bertz CT molecular complexity index is 1140. The van der Waals surface area contributed by atoms with E-state index >= 15 is 0 Å². The average Bonchev–Trinajstić information content (AvgIpc) is 3.34. The number of esters is 3. The lowest BCUT2D eigenvalue weighted by Gasteiger charge is -2.18. The summed E-state index contributed by atoms with van der Waals surface area (Å²) >= 11 is 0. The molecule has 0 aromatic carbocycles. The van der Waals surface area contributed by atoms with E-state index in [-0.39, 0.29) is 31.1 Å². The second-order valence-corrected chi connectivity index (χ2v) is 20.3. The monoisotopic (exact) mass is 955 g/mol. The molecule has 0 aromatic rings. The third-order valence-electron chi connectivity index (χ3n) is 13.4. The molecule has 1 atom stereocenters. The molecule has 6 heteroatoms. The fourth-order valence-corrected chi connectivity index (χ4v) is 8.84. The molecule has 0 radical (unpaired) electrons. The fraction of sp³-hybridized carbons (Fsp3) is 0.855. The van der Waals surface area contributed by atoms with Crippen LogP contribution in [0.4, 0.5) is 0 Å². The zero-order chi connectivity index (χ0) is 49.3. The quantitative estimate of drug-likeness (QED) is 0.0199. The topological polar surface area (TPSA) is 78.9 Å². The SMILES string of the molecule is CCCCC/C=C\C=C/CCCCCCCCCCCCC(=O)OCC(COC(=O)CCCCCCCCC/C=C\CCCCCC)OC(=O)CCCCCCCCCCCCCCCCCC. The molecule has 68 heavy (non-hydrogen) atoms. The van der Waals surface area contributed by atoms with Gasteiger partial charge in [0.2, 0.25) is 0 Å². The van der Waals surface area contributed by atoms with E-state index in [4.69, 9.17) is 14.2 Å². The lowest BCUT2D eigenvalue weighted by Crippen LogP contribution is -2.30. The van der Waals surface area contributed by atoms with Gasteiger partial charge in [-0.3, -0.25) is 14.4 Å². The summed E-state index contributed by atoms with van der Waals surface area (Å²) < 4.78 is 16.9. The van der Waals surface area contributed by atoms with Crippen molar-refractivity contribution in [2.24, 2.45) is 0 Å². The first-order valence-corrected chi connectivity index (χ1v) is 30.0. The Kier molecular flexibility index (Phi) is 55.2. The van der Waals surface area contributed by atoms with Crippen LogP contribution in [0.25, 0.3) is 0 Å². The minimum absolute atomic E-state index is 0.0714. The van der Waals surface area contributed by atoms with E-state index in [2.05, 4.69) is 57.2 Å². The summed E-state index contributed by atoms with van der Waals surface area (Å²) in [6.45, 7) is 6.64. The van der Waals surface area contributed by atoms with Gasteiger partial charge in [-0.25, -0.2) is 0 Å². The summed E-state index contributed by atoms with van der Waals surface area (Å²) in [6, 6.07) is 0. The normalized spacial score (nSPS) is 12.2. The lowest BCUT2D eigenvalue weighted by atomic mass is 10.0. The molecular weight excluding hydrogens is 841 g/mol. The standard InChI is InChI=1S/C62H114O6/c1-4-7-10-13-16-19-22-25-28-30-31-32-35-37-40-43-46-49-52-55-61(64)67-58-59(57-66-60(63)54-51-48-45-42-39-36-33-27-24-21-18-15-12-9-6-3)68-62(65)56-53-50-47-44-41-38-34-29-26-23-20-17-14-11-8-5-2/h16,19,21-22,24-25,59H,4-15,17-18,20,23,26-58H2,1-3H3/b19-16-,24-21-,25-22-. The Balaban J connectivity index is 4.33. The predicted octanol–water partition coefficient (Wildman–Crippen LogP) is 20.0. The van der Waals surface area contributed by atoms with Crippen LogP contribution >= 0.6 is 0 Å². The molecule has 0 heterocycles. The number of unbranched alkanes of at least 4 members (excludes halogenated alkanes) is 39. The number of allylic oxidation sites excluding steroid dienone is 6. The summed E-state index contributed by atoms with van der Waals surface area (Å²) in [5.41, 5.74) is 0. The van der Waals surface area contributed by atoms with Crippen molar-refractivity contribution in [3.05, 3.63) is 36.5 Å². The van der Waals surface area contributed by atoms with Crippen molar-refractivity contribution >= 4 is 17.9 Å². The first-order valence-electron chi connectivity index (χ1n) is 30.0. The van der Waals surface area contributed by atoms with Crippen LogP contribution in [0.5, 0.6) is 0 Å². The van der Waals surface area contributed by atoms with Gasteiger partial charge < -0.3 is 14.2 Å². The second kappa shape index (κ2) is 57.2. The Morgan fingerprint density at radius 1 is 0.294 bits per heavy atom. The highest BCUT2D eigenvalue weighted by Crippen LogP contribution is 2.17. The number of rotatable bonds is 55. The molecule has 0 amide bonds. The molecule has 0 aliphatic carbocycles. The Labute approximate surface area is 423 Å². The molecule has 0 saturated carbocycles. The molecule has 0 rings (SSSR count). The molecule has 0 N–H and O–H groups in total. The van der Waals surface area contributed by atoms with Crippen molar-refractivity contribution in [2.75, 3.05) is 13.2 Å². The van der Waals surface area contributed by atoms with Crippen LogP contribution in [0.3, 0.4) is 0 Å². The van der Waals surface area contributed by atoms with Gasteiger partial charge in [-0.15, -0.1) is 0 Å². The number of hydrogen-bond acceptors (Lipinski definition) is 6. The smallest absolute Gasteiger partial charge is 0.306 e. The van der Waals surface area contributed by atoms with Gasteiger partial charge in [0.15, 0.2) is 6.10 Å². The van der Waals surface area contributed by atoms with Gasteiger partial charge in [0.05, 0.1) is 0 Å². The fourth-order valence-electron chi connectivity index (χ4n) is 8.84. The molecule has 0 bridgehead atoms. The van der Waals surface area contributed by atoms with Gasteiger partial charge in [0.25, 0.3) is 0 Å². The maximum Gasteiger partial charge on any atom is 0.306 e. The van der Waals surface area contributed by atoms with Crippen LogP contribution in [0.2, 0.25) is 0 Å². The minimum atomic E-state index is -0.772. The molecule has 0 aliphatic rings. The summed E-state index contributed by atoms with van der Waals surface area (Å²) in [6.07, 6.45) is 68.4. The number of carbonyl (C=O) groups excluding carboxylic acids is 3. The van der Waals surface area contributed by atoms with Crippen molar-refractivity contribution in [3.8, 4) is 0 Å². The molecule has 0 aromatic heterocycles. The zero-order valence-electron chi connectivity index (χ0n) is 45.6. The van der Waals surface area contributed by atoms with Gasteiger partial charge in [0.1, 0.15) is 13.2 Å². The summed E-state index contributed by atoms with van der Waals surface area (Å²) in [5.74, 6) is -0.858. The first kappa shape index (κ1) is 65.6. The zero-order valence-corrected chi connectivity index (χ0v) is 45.6. The van der Waals surface area contributed by atoms with Crippen LogP contribution < -0.4 is 0 Å². The maximum atomic E-state index is 12.9. The molecule has 0 saturated heterocycles. The van der Waals surface area contributed by atoms with Gasteiger partial charge in [-0.2, -0.15) is 0 Å². The highest BCUT2D eigenvalue weighted by atomic mass is 16.6. The minimum Gasteiger partial charge on any atom is -0.462 e. The maximum absolute atomic E-state index is 12.9. The molecule has 0 spiro atoms. The van der Waals surface area contributed by atoms with Crippen molar-refractivity contribution in [3.63, 3.8) is 0 Å². The van der Waals surface area contributed by atoms with Crippen molar-refractivity contribution in [2.45, 2.75) is 329 Å². The van der Waals surface area contributed by atoms with Gasteiger partial charge in [0, 0.05) is 19.3 Å². The van der Waals surface area contributed by atoms with Crippen LogP contribution in [-0.4, -0.2) is 37.2 Å². The van der Waals surface area contributed by atoms with Crippen molar-refractivity contribution in [1.29, 1.82) is 0 Å². The highest BCUT2D eigenvalue weighted by Gasteiger charge is 2.19. The molecule has 1 unspecified atom stereocenters. The van der Waals surface area contributed by atoms with Crippen LogP contribution in [0, 0.1) is 0 Å². The van der Waals surface area contributed by atoms with E-state index in [1.807, 2.05) is 0 Å². The first-order chi connectivity index (χ1) is 33.5.